The summed E-state index contributed by atoms with van der Waals surface area (Å²) in [6, 6.07) is 10.4. The predicted octanol–water partition coefficient (Wildman–Crippen LogP) is 2.66. The maximum atomic E-state index is 11.6. The Kier molecular flexibility index (Phi) is 3.05. The normalized spacial score (nSPS) is 17.1. The van der Waals surface area contributed by atoms with E-state index in [1.807, 2.05) is 18.2 Å². The van der Waals surface area contributed by atoms with E-state index < -0.39 is 0 Å². The lowest BCUT2D eigenvalue weighted by Gasteiger charge is -2.17. The van der Waals surface area contributed by atoms with Crippen molar-refractivity contribution in [1.82, 2.24) is 5.32 Å². The van der Waals surface area contributed by atoms with E-state index in [2.05, 4.69) is 24.4 Å². The van der Waals surface area contributed by atoms with Gasteiger partial charge in [0.25, 0.3) is 0 Å². The van der Waals surface area contributed by atoms with Crippen LogP contribution in [0.3, 0.4) is 0 Å². The minimum atomic E-state index is 0.180. The van der Waals surface area contributed by atoms with Crippen LogP contribution in [-0.4, -0.2) is 5.91 Å². The maximum Gasteiger partial charge on any atom is 0.223 e. The fourth-order valence-corrected chi connectivity index (χ4v) is 1.74. The Morgan fingerprint density at radius 1 is 1.40 bits per heavy atom. The van der Waals surface area contributed by atoms with Crippen LogP contribution in [0.4, 0.5) is 0 Å². The summed E-state index contributed by atoms with van der Waals surface area (Å²) in [5.41, 5.74) is 1.20. The van der Waals surface area contributed by atoms with Gasteiger partial charge in [-0.3, -0.25) is 4.79 Å². The van der Waals surface area contributed by atoms with E-state index in [1.165, 1.54) is 5.56 Å². The van der Waals surface area contributed by atoms with Gasteiger partial charge in [-0.15, -0.1) is 0 Å². The van der Waals surface area contributed by atoms with Gasteiger partial charge in [0.1, 0.15) is 0 Å². The maximum absolute atomic E-state index is 11.6. The molecule has 1 N–H and O–H groups in total. The molecule has 1 aliphatic rings. The molecule has 0 unspecified atom stereocenters. The van der Waals surface area contributed by atoms with Crippen LogP contribution in [-0.2, 0) is 4.79 Å². The summed E-state index contributed by atoms with van der Waals surface area (Å²) in [6.07, 6.45) is 3.08. The van der Waals surface area contributed by atoms with E-state index >= 15 is 0 Å². The predicted molar refractivity (Wildman–Crippen MR) is 60.3 cm³/mol. The van der Waals surface area contributed by atoms with Gasteiger partial charge in [-0.05, 0) is 24.8 Å². The fraction of sp³-hybridized carbons (Fsp3) is 0.462. The monoisotopic (exact) mass is 203 g/mol. The lowest BCUT2D eigenvalue weighted by molar-refractivity contribution is -0.123. The number of hydrogen-bond donors (Lipinski definition) is 1. The zero-order valence-corrected chi connectivity index (χ0v) is 9.07. The van der Waals surface area contributed by atoms with Crippen LogP contribution >= 0.6 is 0 Å². The molecular weight excluding hydrogens is 186 g/mol. The van der Waals surface area contributed by atoms with Gasteiger partial charge in [0.05, 0.1) is 6.04 Å². The van der Waals surface area contributed by atoms with Crippen molar-refractivity contribution >= 4 is 5.91 Å². The molecule has 0 saturated heterocycles. The highest BCUT2D eigenvalue weighted by molar-refractivity contribution is 5.81. The molecule has 0 radical (unpaired) electrons. The molecule has 0 spiro atoms. The van der Waals surface area contributed by atoms with Gasteiger partial charge >= 0.3 is 0 Å². The van der Waals surface area contributed by atoms with Crippen molar-refractivity contribution in [2.75, 3.05) is 0 Å². The molecule has 1 aromatic carbocycles. The SMILES string of the molecule is CC[C@@H](NC(=O)C1CC1)c1ccccc1. The van der Waals surface area contributed by atoms with Crippen molar-refractivity contribution in [1.29, 1.82) is 0 Å². The largest absolute Gasteiger partial charge is 0.349 e. The number of carbonyl (C=O) groups excluding carboxylic acids is 1. The highest BCUT2D eigenvalue weighted by atomic mass is 16.2. The second kappa shape index (κ2) is 4.47. The molecule has 1 saturated carbocycles. The fourth-order valence-electron chi connectivity index (χ4n) is 1.74. The summed E-state index contributed by atoms with van der Waals surface area (Å²) in [6.45, 7) is 2.10. The van der Waals surface area contributed by atoms with Crippen LogP contribution in [0.1, 0.15) is 37.8 Å². The van der Waals surface area contributed by atoms with Crippen molar-refractivity contribution in [3.63, 3.8) is 0 Å². The highest BCUT2D eigenvalue weighted by Gasteiger charge is 2.30. The summed E-state index contributed by atoms with van der Waals surface area (Å²) in [5, 5.41) is 3.11. The van der Waals surface area contributed by atoms with Crippen LogP contribution in [0.5, 0.6) is 0 Å². The van der Waals surface area contributed by atoms with E-state index in [4.69, 9.17) is 0 Å². The minimum absolute atomic E-state index is 0.180. The number of hydrogen-bond acceptors (Lipinski definition) is 1. The summed E-state index contributed by atoms with van der Waals surface area (Å²) in [5.74, 6) is 0.522. The molecule has 15 heavy (non-hydrogen) atoms. The molecule has 1 atom stereocenters. The molecule has 1 aromatic rings. The van der Waals surface area contributed by atoms with Crippen LogP contribution in [0.2, 0.25) is 0 Å². The molecule has 1 fully saturated rings. The molecule has 80 valence electrons. The highest BCUT2D eigenvalue weighted by Crippen LogP contribution is 2.30. The summed E-state index contributed by atoms with van der Waals surface area (Å²) < 4.78 is 0. The topological polar surface area (TPSA) is 29.1 Å². The van der Waals surface area contributed by atoms with Gasteiger partial charge in [0, 0.05) is 5.92 Å². The van der Waals surface area contributed by atoms with Crippen molar-refractivity contribution in [2.45, 2.75) is 32.2 Å². The third-order valence-corrected chi connectivity index (χ3v) is 2.87. The first-order valence-corrected chi connectivity index (χ1v) is 5.66. The van der Waals surface area contributed by atoms with Gasteiger partial charge in [0.2, 0.25) is 5.91 Å². The molecule has 2 rings (SSSR count). The zero-order valence-electron chi connectivity index (χ0n) is 9.07. The second-order valence-corrected chi connectivity index (χ2v) is 4.15. The van der Waals surface area contributed by atoms with Crippen molar-refractivity contribution < 1.29 is 4.79 Å². The molecule has 1 amide bonds. The zero-order chi connectivity index (χ0) is 10.7. The Bertz CT molecular complexity index is 330. The van der Waals surface area contributed by atoms with Gasteiger partial charge in [0.15, 0.2) is 0 Å². The lowest BCUT2D eigenvalue weighted by atomic mass is 10.0. The van der Waals surface area contributed by atoms with E-state index in [1.54, 1.807) is 0 Å². The first-order chi connectivity index (χ1) is 7.31. The smallest absolute Gasteiger partial charge is 0.223 e. The van der Waals surface area contributed by atoms with Crippen LogP contribution < -0.4 is 5.32 Å². The Morgan fingerprint density at radius 3 is 2.60 bits per heavy atom. The van der Waals surface area contributed by atoms with Gasteiger partial charge in [-0.25, -0.2) is 0 Å². The minimum Gasteiger partial charge on any atom is -0.349 e. The average Bonchev–Trinajstić information content (AvgIpc) is 3.10. The molecule has 0 bridgehead atoms. The number of amides is 1. The van der Waals surface area contributed by atoms with E-state index in [9.17, 15) is 4.79 Å². The molecule has 1 aliphatic carbocycles. The van der Waals surface area contributed by atoms with Crippen LogP contribution in [0, 0.1) is 5.92 Å². The van der Waals surface area contributed by atoms with E-state index in [0.29, 0.717) is 5.92 Å². The summed E-state index contributed by atoms with van der Waals surface area (Å²) in [7, 11) is 0. The second-order valence-electron chi connectivity index (χ2n) is 4.15. The van der Waals surface area contributed by atoms with Crippen molar-refractivity contribution in [2.24, 2.45) is 5.92 Å². The standard InChI is InChI=1S/C13H17NO/c1-2-12(10-6-4-3-5-7-10)14-13(15)11-8-9-11/h3-7,11-12H,2,8-9H2,1H3,(H,14,15)/t12-/m1/s1. The molecule has 0 aromatic heterocycles. The van der Waals surface area contributed by atoms with E-state index in [-0.39, 0.29) is 11.9 Å². The molecule has 2 nitrogen and oxygen atoms in total. The molecular formula is C13H17NO. The Morgan fingerprint density at radius 2 is 2.07 bits per heavy atom. The Labute approximate surface area is 90.7 Å². The van der Waals surface area contributed by atoms with E-state index in [0.717, 1.165) is 19.3 Å². The average molecular weight is 203 g/mol. The Balaban J connectivity index is 2.00. The number of benzene rings is 1. The molecule has 0 heterocycles. The number of rotatable bonds is 4. The molecule has 2 heteroatoms. The molecule has 0 aliphatic heterocycles. The quantitative estimate of drug-likeness (QED) is 0.800. The van der Waals surface area contributed by atoms with Crippen molar-refractivity contribution in [3.05, 3.63) is 35.9 Å². The van der Waals surface area contributed by atoms with Crippen molar-refractivity contribution in [3.8, 4) is 0 Å². The van der Waals surface area contributed by atoms with Crippen LogP contribution in [0.15, 0.2) is 30.3 Å². The first kappa shape index (κ1) is 10.2. The van der Waals surface area contributed by atoms with Gasteiger partial charge in [-0.2, -0.15) is 0 Å². The lowest BCUT2D eigenvalue weighted by Crippen LogP contribution is -2.29. The third kappa shape index (κ3) is 2.58. The summed E-state index contributed by atoms with van der Waals surface area (Å²) >= 11 is 0. The number of nitrogens with one attached hydrogen (secondary N) is 1. The first-order valence-electron chi connectivity index (χ1n) is 5.66. The Hall–Kier alpha value is -1.31. The summed E-state index contributed by atoms with van der Waals surface area (Å²) in [4.78, 5) is 11.6. The van der Waals surface area contributed by atoms with Gasteiger partial charge < -0.3 is 5.32 Å². The van der Waals surface area contributed by atoms with Gasteiger partial charge in [-0.1, -0.05) is 37.3 Å². The third-order valence-electron chi connectivity index (χ3n) is 2.87. The number of carbonyl (C=O) groups is 1. The van der Waals surface area contributed by atoms with Crippen LogP contribution in [0.25, 0.3) is 0 Å².